The summed E-state index contributed by atoms with van der Waals surface area (Å²) in [7, 11) is 0. The minimum Gasteiger partial charge on any atom is -0.394 e. The topological polar surface area (TPSA) is 49.3 Å². The highest BCUT2D eigenvalue weighted by Gasteiger charge is 2.13. The first-order valence-corrected chi connectivity index (χ1v) is 5.58. The molecule has 0 spiro atoms. The van der Waals surface area contributed by atoms with Crippen molar-refractivity contribution >= 4 is 17.7 Å². The Hall–Kier alpha value is -0.480. The molecule has 4 heteroatoms. The summed E-state index contributed by atoms with van der Waals surface area (Å²) in [6.45, 7) is 1.78. The second-order valence-corrected chi connectivity index (χ2v) is 4.23. The Balaban J connectivity index is 2.42. The van der Waals surface area contributed by atoms with E-state index in [1.54, 1.807) is 18.7 Å². The summed E-state index contributed by atoms with van der Waals surface area (Å²) in [5, 5.41) is 11.5. The Bertz CT molecular complexity index is 216. The zero-order valence-electron chi connectivity index (χ0n) is 7.75. The number of nitrogens with one attached hydrogen (secondary N) is 1. The summed E-state index contributed by atoms with van der Waals surface area (Å²) in [6.07, 6.45) is 2.96. The number of aliphatic hydroxyl groups excluding tert-OH is 1. The highest BCUT2D eigenvalue weighted by atomic mass is 32.2. The summed E-state index contributed by atoms with van der Waals surface area (Å²) in [5.74, 6) is 1.87. The van der Waals surface area contributed by atoms with Gasteiger partial charge in [-0.1, -0.05) is 6.08 Å². The molecule has 2 N–H and O–H groups in total. The molecule has 0 aromatic heterocycles. The molecule has 1 heterocycles. The predicted molar refractivity (Wildman–Crippen MR) is 54.7 cm³/mol. The van der Waals surface area contributed by atoms with Crippen molar-refractivity contribution in [2.24, 2.45) is 0 Å². The van der Waals surface area contributed by atoms with Gasteiger partial charge in [0.25, 0.3) is 0 Å². The molecule has 1 amide bonds. The van der Waals surface area contributed by atoms with Crippen molar-refractivity contribution in [3.05, 3.63) is 11.6 Å². The van der Waals surface area contributed by atoms with E-state index in [9.17, 15) is 4.79 Å². The average Bonchev–Trinajstić information content (AvgIpc) is 2.19. The maximum Gasteiger partial charge on any atom is 0.248 e. The SMILES string of the molecule is C[C@@H](CO)NC(=O)C1=CCCSC1. The van der Waals surface area contributed by atoms with E-state index < -0.39 is 0 Å². The van der Waals surface area contributed by atoms with Crippen LogP contribution in [-0.4, -0.2) is 35.2 Å². The Morgan fingerprint density at radius 1 is 1.85 bits per heavy atom. The fourth-order valence-electron chi connectivity index (χ4n) is 1.08. The van der Waals surface area contributed by atoms with Gasteiger partial charge < -0.3 is 10.4 Å². The first-order valence-electron chi connectivity index (χ1n) is 4.42. The van der Waals surface area contributed by atoms with E-state index in [0.29, 0.717) is 0 Å². The van der Waals surface area contributed by atoms with Crippen LogP contribution in [0.1, 0.15) is 13.3 Å². The Morgan fingerprint density at radius 3 is 3.15 bits per heavy atom. The third-order valence-corrected chi connectivity index (χ3v) is 2.89. The van der Waals surface area contributed by atoms with Crippen LogP contribution >= 0.6 is 11.8 Å². The number of rotatable bonds is 3. The van der Waals surface area contributed by atoms with Gasteiger partial charge in [-0.25, -0.2) is 0 Å². The van der Waals surface area contributed by atoms with Gasteiger partial charge in [-0.2, -0.15) is 11.8 Å². The smallest absolute Gasteiger partial charge is 0.248 e. The van der Waals surface area contributed by atoms with E-state index in [-0.39, 0.29) is 18.6 Å². The van der Waals surface area contributed by atoms with Crippen molar-refractivity contribution in [1.29, 1.82) is 0 Å². The molecule has 0 saturated carbocycles. The molecule has 13 heavy (non-hydrogen) atoms. The molecule has 1 aliphatic rings. The zero-order chi connectivity index (χ0) is 9.68. The molecule has 0 aromatic carbocycles. The fourth-order valence-corrected chi connectivity index (χ4v) is 1.98. The average molecular weight is 201 g/mol. The molecule has 0 aliphatic carbocycles. The van der Waals surface area contributed by atoms with E-state index in [0.717, 1.165) is 23.5 Å². The first-order chi connectivity index (χ1) is 6.24. The van der Waals surface area contributed by atoms with Crippen LogP contribution < -0.4 is 5.32 Å². The van der Waals surface area contributed by atoms with Crippen molar-refractivity contribution in [2.45, 2.75) is 19.4 Å². The molecule has 74 valence electrons. The number of amides is 1. The minimum absolute atomic E-state index is 0.00777. The number of hydrogen-bond acceptors (Lipinski definition) is 3. The number of carbonyl (C=O) groups is 1. The van der Waals surface area contributed by atoms with Crippen molar-refractivity contribution < 1.29 is 9.90 Å². The zero-order valence-corrected chi connectivity index (χ0v) is 8.56. The third kappa shape index (κ3) is 3.40. The monoisotopic (exact) mass is 201 g/mol. The summed E-state index contributed by atoms with van der Waals surface area (Å²) in [4.78, 5) is 11.5. The van der Waals surface area contributed by atoms with Gasteiger partial charge in [-0.3, -0.25) is 4.79 Å². The first kappa shape index (κ1) is 10.6. The lowest BCUT2D eigenvalue weighted by atomic mass is 10.2. The fraction of sp³-hybridized carbons (Fsp3) is 0.667. The van der Waals surface area contributed by atoms with Gasteiger partial charge >= 0.3 is 0 Å². The van der Waals surface area contributed by atoms with Crippen molar-refractivity contribution in [3.63, 3.8) is 0 Å². The Labute approximate surface area is 82.6 Å². The Morgan fingerprint density at radius 2 is 2.62 bits per heavy atom. The van der Waals surface area contributed by atoms with E-state index in [4.69, 9.17) is 5.11 Å². The molecule has 0 unspecified atom stereocenters. The van der Waals surface area contributed by atoms with Gasteiger partial charge in [0, 0.05) is 17.4 Å². The predicted octanol–water partition coefficient (Wildman–Crippen LogP) is 0.547. The highest BCUT2D eigenvalue weighted by Crippen LogP contribution is 2.16. The molecule has 0 aromatic rings. The van der Waals surface area contributed by atoms with Gasteiger partial charge in [0.2, 0.25) is 5.91 Å². The van der Waals surface area contributed by atoms with Gasteiger partial charge in [0.1, 0.15) is 0 Å². The molecular formula is C9H15NO2S. The molecule has 1 atom stereocenters. The highest BCUT2D eigenvalue weighted by molar-refractivity contribution is 7.99. The second-order valence-electron chi connectivity index (χ2n) is 3.13. The second kappa shape index (κ2) is 5.29. The molecule has 3 nitrogen and oxygen atoms in total. The maximum absolute atomic E-state index is 11.5. The van der Waals surface area contributed by atoms with Gasteiger partial charge in [-0.15, -0.1) is 0 Å². The van der Waals surface area contributed by atoms with Crippen molar-refractivity contribution in [3.8, 4) is 0 Å². The van der Waals surface area contributed by atoms with Crippen molar-refractivity contribution in [1.82, 2.24) is 5.32 Å². The Kier molecular flexibility index (Phi) is 4.32. The van der Waals surface area contributed by atoms with E-state index >= 15 is 0 Å². The number of thioether (sulfide) groups is 1. The van der Waals surface area contributed by atoms with Crippen LogP contribution in [0.4, 0.5) is 0 Å². The molecule has 1 aliphatic heterocycles. The summed E-state index contributed by atoms with van der Waals surface area (Å²) >= 11 is 1.77. The van der Waals surface area contributed by atoms with Crippen LogP contribution in [0, 0.1) is 0 Å². The summed E-state index contributed by atoms with van der Waals surface area (Å²) in [6, 6.07) is -0.152. The van der Waals surface area contributed by atoms with Crippen LogP contribution in [0.2, 0.25) is 0 Å². The van der Waals surface area contributed by atoms with Crippen LogP contribution in [0.15, 0.2) is 11.6 Å². The normalized spacial score (nSPS) is 19.1. The quantitative estimate of drug-likeness (QED) is 0.701. The summed E-state index contributed by atoms with van der Waals surface area (Å²) < 4.78 is 0. The lowest BCUT2D eigenvalue weighted by Crippen LogP contribution is -2.36. The van der Waals surface area contributed by atoms with Crippen LogP contribution in [-0.2, 0) is 4.79 Å². The molecule has 0 fully saturated rings. The van der Waals surface area contributed by atoms with Crippen LogP contribution in [0.25, 0.3) is 0 Å². The van der Waals surface area contributed by atoms with Crippen LogP contribution in [0.5, 0.6) is 0 Å². The maximum atomic E-state index is 11.5. The van der Waals surface area contributed by atoms with E-state index in [2.05, 4.69) is 5.32 Å². The number of carbonyl (C=O) groups excluding carboxylic acids is 1. The molecule has 0 bridgehead atoms. The standard InChI is InChI=1S/C9H15NO2S/c1-7(5-11)10-9(12)8-3-2-4-13-6-8/h3,7,11H,2,4-6H2,1H3,(H,10,12)/t7-/m0/s1. The molecular weight excluding hydrogens is 186 g/mol. The minimum atomic E-state index is -0.152. The van der Waals surface area contributed by atoms with Gasteiger partial charge in [-0.05, 0) is 19.1 Å². The molecule has 1 rings (SSSR count). The van der Waals surface area contributed by atoms with Gasteiger partial charge in [0.05, 0.1) is 6.61 Å². The van der Waals surface area contributed by atoms with Crippen LogP contribution in [0.3, 0.4) is 0 Å². The lowest BCUT2D eigenvalue weighted by Gasteiger charge is -2.15. The molecule has 0 saturated heterocycles. The largest absolute Gasteiger partial charge is 0.394 e. The number of hydrogen-bond donors (Lipinski definition) is 2. The third-order valence-electron chi connectivity index (χ3n) is 1.85. The number of aliphatic hydroxyl groups is 1. The lowest BCUT2D eigenvalue weighted by molar-refractivity contribution is -0.118. The summed E-state index contributed by atoms with van der Waals surface area (Å²) in [5.41, 5.74) is 0.844. The van der Waals surface area contributed by atoms with E-state index in [1.807, 2.05) is 6.08 Å². The van der Waals surface area contributed by atoms with Gasteiger partial charge in [0.15, 0.2) is 0 Å². The van der Waals surface area contributed by atoms with E-state index in [1.165, 1.54) is 0 Å². The number of allylic oxidation sites excluding steroid dienone is 1. The van der Waals surface area contributed by atoms with Crippen molar-refractivity contribution in [2.75, 3.05) is 18.1 Å². The molecule has 0 radical (unpaired) electrons.